The van der Waals surface area contributed by atoms with Gasteiger partial charge in [0.25, 0.3) is 0 Å². The summed E-state index contributed by atoms with van der Waals surface area (Å²) in [4.78, 5) is 14.2. The molecule has 0 aliphatic carbocycles. The fourth-order valence-electron chi connectivity index (χ4n) is 2.64. The minimum absolute atomic E-state index is 0.0710. The summed E-state index contributed by atoms with van der Waals surface area (Å²) >= 11 is 1.86. The summed E-state index contributed by atoms with van der Waals surface area (Å²) in [5, 5.41) is 0.341. The average Bonchev–Trinajstić information content (AvgIpc) is 3.00. The van der Waals surface area contributed by atoms with Crippen molar-refractivity contribution in [2.24, 2.45) is 0 Å². The molecule has 1 atom stereocenters. The van der Waals surface area contributed by atoms with Gasteiger partial charge in [0.15, 0.2) is 0 Å². The molecule has 1 aromatic heterocycles. The topological polar surface area (TPSA) is 42.7 Å². The smallest absolute Gasteiger partial charge is 0.248 e. The summed E-state index contributed by atoms with van der Waals surface area (Å²) in [5.41, 5.74) is 1.09. The van der Waals surface area contributed by atoms with Crippen molar-refractivity contribution in [2.75, 3.05) is 25.4 Å². The van der Waals surface area contributed by atoms with E-state index in [0.717, 1.165) is 36.6 Å². The average molecular weight is 331 g/mol. The highest BCUT2D eigenvalue weighted by Gasteiger charge is 2.23. The van der Waals surface area contributed by atoms with Crippen molar-refractivity contribution >= 4 is 17.7 Å². The van der Waals surface area contributed by atoms with Crippen molar-refractivity contribution in [3.05, 3.63) is 60.1 Å². The Morgan fingerprint density at radius 1 is 1.22 bits per heavy atom. The summed E-state index contributed by atoms with van der Waals surface area (Å²) < 4.78 is 11.0. The quantitative estimate of drug-likeness (QED) is 0.841. The normalized spacial score (nSPS) is 18.6. The van der Waals surface area contributed by atoms with Crippen LogP contribution < -0.4 is 0 Å². The number of benzene rings is 1. The van der Waals surface area contributed by atoms with Gasteiger partial charge in [0.2, 0.25) is 5.91 Å². The van der Waals surface area contributed by atoms with Crippen LogP contribution in [0.25, 0.3) is 0 Å². The Balaban J connectivity index is 1.44. The number of carbonyl (C=O) groups excluding carboxylic acids is 1. The van der Waals surface area contributed by atoms with Gasteiger partial charge in [0, 0.05) is 18.8 Å². The summed E-state index contributed by atoms with van der Waals surface area (Å²) in [7, 11) is 0. The second-order valence-corrected chi connectivity index (χ2v) is 6.83. The molecular weight excluding hydrogens is 310 g/mol. The summed E-state index contributed by atoms with van der Waals surface area (Å²) in [6.07, 6.45) is 2.63. The monoisotopic (exact) mass is 331 g/mol. The largest absolute Gasteiger partial charge is 0.468 e. The van der Waals surface area contributed by atoms with Gasteiger partial charge in [-0.1, -0.05) is 30.3 Å². The lowest BCUT2D eigenvalue weighted by Gasteiger charge is -2.20. The van der Waals surface area contributed by atoms with Crippen molar-refractivity contribution < 1.29 is 13.9 Å². The lowest BCUT2D eigenvalue weighted by Crippen LogP contribution is -2.35. The highest BCUT2D eigenvalue weighted by molar-refractivity contribution is 7.99. The number of amides is 1. The van der Waals surface area contributed by atoms with E-state index < -0.39 is 0 Å². The van der Waals surface area contributed by atoms with E-state index in [9.17, 15) is 4.79 Å². The van der Waals surface area contributed by atoms with Gasteiger partial charge in [-0.15, -0.1) is 11.8 Å². The molecule has 0 spiro atoms. The van der Waals surface area contributed by atoms with Gasteiger partial charge in [-0.3, -0.25) is 4.79 Å². The summed E-state index contributed by atoms with van der Waals surface area (Å²) in [6, 6.07) is 13.9. The Kier molecular flexibility index (Phi) is 5.77. The molecule has 1 aliphatic heterocycles. The number of thioether (sulfide) groups is 1. The van der Waals surface area contributed by atoms with Crippen LogP contribution in [0.15, 0.2) is 53.1 Å². The Morgan fingerprint density at radius 3 is 2.87 bits per heavy atom. The number of hydrogen-bond donors (Lipinski definition) is 0. The molecule has 1 aromatic carbocycles. The molecule has 4 nitrogen and oxygen atoms in total. The van der Waals surface area contributed by atoms with E-state index in [1.807, 2.05) is 59.1 Å². The minimum Gasteiger partial charge on any atom is -0.468 e. The number of furan rings is 1. The van der Waals surface area contributed by atoms with Crippen LogP contribution >= 0.6 is 11.8 Å². The SMILES string of the molecule is O=C(COCc1ccccc1)N1CCSC(c2ccco2)CC1. The van der Waals surface area contributed by atoms with E-state index in [1.54, 1.807) is 6.26 Å². The predicted molar refractivity (Wildman–Crippen MR) is 91.2 cm³/mol. The standard InChI is InChI=1S/C18H21NO3S/c20-18(14-21-13-15-5-2-1-3-6-15)19-9-8-17(23-12-10-19)16-7-4-11-22-16/h1-7,11,17H,8-10,12-14H2. The van der Waals surface area contributed by atoms with E-state index >= 15 is 0 Å². The minimum atomic E-state index is 0.0710. The number of carbonyl (C=O) groups is 1. The molecule has 1 fully saturated rings. The molecule has 1 aliphatic rings. The third-order valence-corrected chi connectivity index (χ3v) is 5.18. The molecule has 0 saturated carbocycles. The zero-order valence-corrected chi connectivity index (χ0v) is 13.8. The molecule has 3 rings (SSSR count). The van der Waals surface area contributed by atoms with E-state index in [-0.39, 0.29) is 12.5 Å². The molecule has 5 heteroatoms. The van der Waals surface area contributed by atoms with Crippen LogP contribution in [-0.2, 0) is 16.1 Å². The number of rotatable bonds is 5. The van der Waals surface area contributed by atoms with Gasteiger partial charge in [-0.05, 0) is 24.1 Å². The van der Waals surface area contributed by atoms with E-state index in [2.05, 4.69) is 0 Å². The maximum Gasteiger partial charge on any atom is 0.248 e. The predicted octanol–water partition coefficient (Wildman–Crippen LogP) is 3.50. The van der Waals surface area contributed by atoms with Gasteiger partial charge in [-0.25, -0.2) is 0 Å². The van der Waals surface area contributed by atoms with Gasteiger partial charge in [0.1, 0.15) is 12.4 Å². The Morgan fingerprint density at radius 2 is 2.09 bits per heavy atom. The lowest BCUT2D eigenvalue weighted by atomic mass is 10.2. The zero-order chi connectivity index (χ0) is 15.9. The van der Waals surface area contributed by atoms with Crippen LogP contribution in [-0.4, -0.2) is 36.3 Å². The molecule has 0 bridgehead atoms. The first-order valence-corrected chi connectivity index (χ1v) is 8.92. The van der Waals surface area contributed by atoms with Crippen LogP contribution in [0.3, 0.4) is 0 Å². The summed E-state index contributed by atoms with van der Waals surface area (Å²) in [5.74, 6) is 2.00. The molecule has 0 N–H and O–H groups in total. The third-order valence-electron chi connectivity index (χ3n) is 3.89. The highest BCUT2D eigenvalue weighted by Crippen LogP contribution is 2.34. The second-order valence-electron chi connectivity index (χ2n) is 5.52. The zero-order valence-electron chi connectivity index (χ0n) is 13.0. The maximum absolute atomic E-state index is 12.3. The van der Waals surface area contributed by atoms with E-state index in [1.165, 1.54) is 0 Å². The second kappa shape index (κ2) is 8.22. The maximum atomic E-state index is 12.3. The van der Waals surface area contributed by atoms with Crippen molar-refractivity contribution in [3.63, 3.8) is 0 Å². The summed E-state index contributed by atoms with van der Waals surface area (Å²) in [6.45, 7) is 2.15. The fraction of sp³-hybridized carbons (Fsp3) is 0.389. The molecule has 23 heavy (non-hydrogen) atoms. The first kappa shape index (κ1) is 16.1. The van der Waals surface area contributed by atoms with Crippen LogP contribution in [0, 0.1) is 0 Å². The van der Waals surface area contributed by atoms with Gasteiger partial charge in [-0.2, -0.15) is 0 Å². The highest BCUT2D eigenvalue weighted by atomic mass is 32.2. The Labute approximate surface area is 140 Å². The number of nitrogens with zero attached hydrogens (tertiary/aromatic N) is 1. The fourth-order valence-corrected chi connectivity index (χ4v) is 3.82. The number of hydrogen-bond acceptors (Lipinski definition) is 4. The van der Waals surface area contributed by atoms with Crippen molar-refractivity contribution in [1.82, 2.24) is 4.90 Å². The van der Waals surface area contributed by atoms with Crippen LogP contribution in [0.5, 0.6) is 0 Å². The van der Waals surface area contributed by atoms with Crippen LogP contribution in [0.2, 0.25) is 0 Å². The van der Waals surface area contributed by atoms with Gasteiger partial charge >= 0.3 is 0 Å². The molecule has 1 amide bonds. The molecule has 1 saturated heterocycles. The van der Waals surface area contributed by atoms with Crippen LogP contribution in [0.4, 0.5) is 0 Å². The molecular formula is C18H21NO3S. The van der Waals surface area contributed by atoms with Crippen molar-refractivity contribution in [1.29, 1.82) is 0 Å². The number of ether oxygens (including phenoxy) is 1. The molecule has 122 valence electrons. The van der Waals surface area contributed by atoms with Crippen molar-refractivity contribution in [2.45, 2.75) is 18.3 Å². The third kappa shape index (κ3) is 4.62. The molecule has 0 radical (unpaired) electrons. The van der Waals surface area contributed by atoms with Crippen molar-refractivity contribution in [3.8, 4) is 0 Å². The Bertz CT molecular complexity index is 600. The first-order valence-electron chi connectivity index (χ1n) is 7.87. The van der Waals surface area contributed by atoms with Gasteiger partial charge < -0.3 is 14.1 Å². The van der Waals surface area contributed by atoms with Crippen LogP contribution in [0.1, 0.15) is 23.0 Å². The molecule has 1 unspecified atom stereocenters. The first-order chi connectivity index (χ1) is 11.3. The van der Waals surface area contributed by atoms with Gasteiger partial charge in [0.05, 0.1) is 18.1 Å². The van der Waals surface area contributed by atoms with E-state index in [0.29, 0.717) is 11.9 Å². The van der Waals surface area contributed by atoms with E-state index in [4.69, 9.17) is 9.15 Å². The molecule has 2 aromatic rings. The lowest BCUT2D eigenvalue weighted by molar-refractivity contribution is -0.136. The molecule has 2 heterocycles. The Hall–Kier alpha value is -1.72.